The summed E-state index contributed by atoms with van der Waals surface area (Å²) >= 11 is 0. The van der Waals surface area contributed by atoms with Gasteiger partial charge in [-0.3, -0.25) is 9.59 Å². The van der Waals surface area contributed by atoms with E-state index in [0.29, 0.717) is 26.2 Å². The fourth-order valence-electron chi connectivity index (χ4n) is 1.58. The summed E-state index contributed by atoms with van der Waals surface area (Å²) in [4.78, 5) is 21.9. The third kappa shape index (κ3) is 9.47. The lowest BCUT2D eigenvalue weighted by atomic mass is 9.90. The second-order valence-corrected chi connectivity index (χ2v) is 6.52. The first-order valence-corrected chi connectivity index (χ1v) is 6.64. The Hall–Kier alpha value is -1.10. The smallest absolute Gasteiger partial charge is 0.303 e. The van der Waals surface area contributed by atoms with Crippen molar-refractivity contribution in [2.45, 2.75) is 47.5 Å². The zero-order chi connectivity index (χ0) is 15.1. The SMILES string of the molecule is CCC(=O)NCC(C)(C)COCC(C)(C)CC(=O)O. The van der Waals surface area contributed by atoms with Crippen molar-refractivity contribution >= 4 is 11.9 Å². The Kier molecular flexibility index (Phi) is 7.05. The summed E-state index contributed by atoms with van der Waals surface area (Å²) in [6.45, 7) is 11.0. The number of hydrogen-bond donors (Lipinski definition) is 2. The van der Waals surface area contributed by atoms with Crippen molar-refractivity contribution in [2.75, 3.05) is 19.8 Å². The molecule has 5 heteroatoms. The fourth-order valence-corrected chi connectivity index (χ4v) is 1.58. The molecular formula is C14H27NO4. The number of carbonyl (C=O) groups excluding carboxylic acids is 1. The molecule has 0 aromatic heterocycles. The van der Waals surface area contributed by atoms with Crippen LogP contribution in [-0.2, 0) is 14.3 Å². The van der Waals surface area contributed by atoms with Crippen LogP contribution in [0.1, 0.15) is 47.5 Å². The molecule has 0 bridgehead atoms. The Morgan fingerprint density at radius 3 is 2.11 bits per heavy atom. The topological polar surface area (TPSA) is 75.6 Å². The lowest BCUT2D eigenvalue weighted by molar-refractivity contribution is -0.140. The maximum atomic E-state index is 11.2. The molecule has 0 aromatic rings. The van der Waals surface area contributed by atoms with E-state index in [-0.39, 0.29) is 23.2 Å². The zero-order valence-corrected chi connectivity index (χ0v) is 12.7. The molecule has 0 radical (unpaired) electrons. The van der Waals surface area contributed by atoms with Gasteiger partial charge in [-0.1, -0.05) is 34.6 Å². The van der Waals surface area contributed by atoms with Gasteiger partial charge in [-0.05, 0) is 5.41 Å². The number of nitrogens with one attached hydrogen (secondary N) is 1. The van der Waals surface area contributed by atoms with Crippen LogP contribution in [0.25, 0.3) is 0 Å². The lowest BCUT2D eigenvalue weighted by Gasteiger charge is -2.28. The minimum atomic E-state index is -0.817. The minimum absolute atomic E-state index is 0.0271. The Balaban J connectivity index is 4.03. The average molecular weight is 273 g/mol. The highest BCUT2D eigenvalue weighted by Gasteiger charge is 2.25. The predicted octanol–water partition coefficient (Wildman–Crippen LogP) is 2.06. The van der Waals surface area contributed by atoms with Gasteiger partial charge in [0.2, 0.25) is 5.91 Å². The van der Waals surface area contributed by atoms with Gasteiger partial charge in [-0.25, -0.2) is 0 Å². The number of ether oxygens (including phenoxy) is 1. The summed E-state index contributed by atoms with van der Waals surface area (Å²) < 4.78 is 5.62. The first-order valence-electron chi connectivity index (χ1n) is 6.64. The molecule has 112 valence electrons. The summed E-state index contributed by atoms with van der Waals surface area (Å²) in [6.07, 6.45) is 0.558. The van der Waals surface area contributed by atoms with Crippen LogP contribution in [0.15, 0.2) is 0 Å². The van der Waals surface area contributed by atoms with E-state index in [1.807, 2.05) is 34.6 Å². The summed E-state index contributed by atoms with van der Waals surface area (Å²) in [5, 5.41) is 11.6. The van der Waals surface area contributed by atoms with Crippen LogP contribution in [0.5, 0.6) is 0 Å². The zero-order valence-electron chi connectivity index (χ0n) is 12.7. The number of carbonyl (C=O) groups is 2. The molecule has 0 heterocycles. The van der Waals surface area contributed by atoms with Gasteiger partial charge < -0.3 is 15.2 Å². The third-order valence-electron chi connectivity index (χ3n) is 2.70. The van der Waals surface area contributed by atoms with Crippen LogP contribution in [-0.4, -0.2) is 36.7 Å². The molecule has 0 spiro atoms. The van der Waals surface area contributed by atoms with Gasteiger partial charge in [0.25, 0.3) is 0 Å². The van der Waals surface area contributed by atoms with Crippen molar-refractivity contribution in [3.05, 3.63) is 0 Å². The number of rotatable bonds is 9. The van der Waals surface area contributed by atoms with Gasteiger partial charge in [-0.2, -0.15) is 0 Å². The molecule has 0 atom stereocenters. The minimum Gasteiger partial charge on any atom is -0.481 e. The molecular weight excluding hydrogens is 246 g/mol. The van der Waals surface area contributed by atoms with E-state index < -0.39 is 5.97 Å². The lowest BCUT2D eigenvalue weighted by Crippen LogP contribution is -2.37. The maximum absolute atomic E-state index is 11.2. The van der Waals surface area contributed by atoms with Crippen LogP contribution in [0.2, 0.25) is 0 Å². The monoisotopic (exact) mass is 273 g/mol. The molecule has 0 aromatic carbocycles. The van der Waals surface area contributed by atoms with E-state index in [9.17, 15) is 9.59 Å². The van der Waals surface area contributed by atoms with Gasteiger partial charge in [0.05, 0.1) is 19.6 Å². The largest absolute Gasteiger partial charge is 0.481 e. The standard InChI is InChI=1S/C14H27NO4/c1-6-11(16)15-8-14(4,5)10-19-9-13(2,3)7-12(17)18/h6-10H2,1-5H3,(H,15,16)(H,17,18). The first kappa shape index (κ1) is 17.9. The Bertz CT molecular complexity index is 311. The maximum Gasteiger partial charge on any atom is 0.303 e. The Morgan fingerprint density at radius 2 is 1.63 bits per heavy atom. The van der Waals surface area contributed by atoms with E-state index >= 15 is 0 Å². The van der Waals surface area contributed by atoms with Gasteiger partial charge in [0, 0.05) is 18.4 Å². The molecule has 0 aliphatic rings. The molecule has 0 unspecified atom stereocenters. The second kappa shape index (κ2) is 7.48. The highest BCUT2D eigenvalue weighted by molar-refractivity contribution is 5.75. The van der Waals surface area contributed by atoms with Crippen molar-refractivity contribution < 1.29 is 19.4 Å². The molecule has 0 fully saturated rings. The summed E-state index contributed by atoms with van der Waals surface area (Å²) in [5.74, 6) is -0.789. The number of carboxylic acid groups (broad SMARTS) is 1. The van der Waals surface area contributed by atoms with Gasteiger partial charge in [0.15, 0.2) is 0 Å². The highest BCUT2D eigenvalue weighted by Crippen LogP contribution is 2.22. The molecule has 0 rings (SSSR count). The van der Waals surface area contributed by atoms with Crippen molar-refractivity contribution in [1.82, 2.24) is 5.32 Å². The van der Waals surface area contributed by atoms with Crippen molar-refractivity contribution in [2.24, 2.45) is 10.8 Å². The summed E-state index contributed by atoms with van der Waals surface area (Å²) in [7, 11) is 0. The number of amides is 1. The first-order chi connectivity index (χ1) is 8.58. The third-order valence-corrected chi connectivity index (χ3v) is 2.70. The fraction of sp³-hybridized carbons (Fsp3) is 0.857. The van der Waals surface area contributed by atoms with E-state index in [4.69, 9.17) is 9.84 Å². The van der Waals surface area contributed by atoms with Crippen LogP contribution in [0, 0.1) is 10.8 Å². The van der Waals surface area contributed by atoms with Crippen LogP contribution >= 0.6 is 0 Å². The molecule has 0 saturated heterocycles. The Morgan fingerprint density at radius 1 is 1.11 bits per heavy atom. The van der Waals surface area contributed by atoms with Crippen LogP contribution < -0.4 is 5.32 Å². The van der Waals surface area contributed by atoms with E-state index in [1.165, 1.54) is 0 Å². The quantitative estimate of drug-likeness (QED) is 0.674. The van der Waals surface area contributed by atoms with Gasteiger partial charge in [0.1, 0.15) is 0 Å². The van der Waals surface area contributed by atoms with E-state index in [0.717, 1.165) is 0 Å². The van der Waals surface area contributed by atoms with E-state index in [2.05, 4.69) is 5.32 Å². The van der Waals surface area contributed by atoms with E-state index in [1.54, 1.807) is 0 Å². The van der Waals surface area contributed by atoms with Crippen molar-refractivity contribution in [1.29, 1.82) is 0 Å². The normalized spacial score (nSPS) is 12.3. The molecule has 19 heavy (non-hydrogen) atoms. The second-order valence-electron chi connectivity index (χ2n) is 6.52. The summed E-state index contributed by atoms with van der Waals surface area (Å²) in [6, 6.07) is 0. The van der Waals surface area contributed by atoms with Gasteiger partial charge >= 0.3 is 5.97 Å². The van der Waals surface area contributed by atoms with Crippen LogP contribution in [0.4, 0.5) is 0 Å². The molecule has 2 N–H and O–H groups in total. The molecule has 0 aliphatic carbocycles. The highest BCUT2D eigenvalue weighted by atomic mass is 16.5. The molecule has 0 saturated carbocycles. The Labute approximate surface area is 115 Å². The van der Waals surface area contributed by atoms with Crippen molar-refractivity contribution in [3.8, 4) is 0 Å². The molecule has 5 nitrogen and oxygen atoms in total. The molecule has 1 amide bonds. The average Bonchev–Trinajstić information content (AvgIpc) is 2.23. The van der Waals surface area contributed by atoms with Gasteiger partial charge in [-0.15, -0.1) is 0 Å². The predicted molar refractivity (Wildman–Crippen MR) is 73.9 cm³/mol. The number of hydrogen-bond acceptors (Lipinski definition) is 3. The number of aliphatic carboxylic acids is 1. The summed E-state index contributed by atoms with van der Waals surface area (Å²) in [5.41, 5.74) is -0.543. The van der Waals surface area contributed by atoms with Crippen LogP contribution in [0.3, 0.4) is 0 Å². The van der Waals surface area contributed by atoms with Crippen molar-refractivity contribution in [3.63, 3.8) is 0 Å². The number of carboxylic acids is 1. The molecule has 0 aliphatic heterocycles.